The fourth-order valence-electron chi connectivity index (χ4n) is 3.25. The first-order chi connectivity index (χ1) is 14.2. The second-order valence-corrected chi connectivity index (χ2v) is 8.88. The predicted octanol–water partition coefficient (Wildman–Crippen LogP) is 4.51. The fourth-order valence-corrected chi connectivity index (χ4v) is 4.81. The Hall–Kier alpha value is -3.32. The first-order valence-electron chi connectivity index (χ1n) is 9.33. The summed E-state index contributed by atoms with van der Waals surface area (Å²) < 4.78 is 33.6. The lowest BCUT2D eigenvalue weighted by Crippen LogP contribution is -2.28. The van der Waals surface area contributed by atoms with Crippen LogP contribution >= 0.6 is 0 Å². The maximum Gasteiger partial charge on any atom is 0.338 e. The van der Waals surface area contributed by atoms with Gasteiger partial charge in [-0.1, -0.05) is 29.8 Å². The van der Waals surface area contributed by atoms with Crippen molar-refractivity contribution in [2.45, 2.75) is 25.7 Å². The topological polar surface area (TPSA) is 89.7 Å². The molecule has 0 saturated heterocycles. The summed E-state index contributed by atoms with van der Waals surface area (Å²) in [6.07, 6.45) is 0. The molecule has 3 rings (SSSR count). The van der Waals surface area contributed by atoms with E-state index in [0.29, 0.717) is 28.2 Å². The average molecular weight is 425 g/mol. The number of hydrogen-bond donors (Lipinski definition) is 1. The molecule has 30 heavy (non-hydrogen) atoms. The second kappa shape index (κ2) is 8.20. The van der Waals surface area contributed by atoms with E-state index in [9.17, 15) is 13.2 Å². The highest BCUT2D eigenvalue weighted by atomic mass is 32.2. The van der Waals surface area contributed by atoms with Crippen LogP contribution in [0.2, 0.25) is 0 Å². The Balaban J connectivity index is 2.35. The molecular formula is C23H24N2O4S. The highest BCUT2D eigenvalue weighted by Gasteiger charge is 2.30. The van der Waals surface area contributed by atoms with Gasteiger partial charge in [0, 0.05) is 0 Å². The fraction of sp³-hybridized carbons (Fsp3) is 0.174. The van der Waals surface area contributed by atoms with Crippen molar-refractivity contribution < 1.29 is 17.9 Å². The van der Waals surface area contributed by atoms with Crippen LogP contribution in [0.5, 0.6) is 0 Å². The first kappa shape index (κ1) is 21.4. The van der Waals surface area contributed by atoms with E-state index in [0.717, 1.165) is 11.1 Å². The lowest BCUT2D eigenvalue weighted by molar-refractivity contribution is 0.0600. The molecule has 0 aliphatic carbocycles. The number of rotatable bonds is 5. The van der Waals surface area contributed by atoms with Crippen molar-refractivity contribution in [1.82, 2.24) is 0 Å². The van der Waals surface area contributed by atoms with Crippen molar-refractivity contribution in [1.29, 1.82) is 0 Å². The zero-order chi connectivity index (χ0) is 22.1. The zero-order valence-corrected chi connectivity index (χ0v) is 18.2. The summed E-state index contributed by atoms with van der Waals surface area (Å²) in [5.74, 6) is -0.536. The lowest BCUT2D eigenvalue weighted by Gasteiger charge is -2.28. The van der Waals surface area contributed by atoms with Crippen molar-refractivity contribution in [3.63, 3.8) is 0 Å². The normalized spacial score (nSPS) is 11.2. The molecule has 3 aromatic carbocycles. The number of esters is 1. The minimum absolute atomic E-state index is 0.122. The van der Waals surface area contributed by atoms with Gasteiger partial charge in [-0.15, -0.1) is 0 Å². The molecule has 0 aromatic heterocycles. The van der Waals surface area contributed by atoms with Gasteiger partial charge in [0.2, 0.25) is 0 Å². The number of methoxy groups -OCH3 is 1. The third kappa shape index (κ3) is 3.89. The number of aryl methyl sites for hydroxylation is 2. The minimum atomic E-state index is -4.03. The third-order valence-corrected chi connectivity index (χ3v) is 6.61. The molecule has 0 radical (unpaired) electrons. The van der Waals surface area contributed by atoms with Crippen molar-refractivity contribution in [2.75, 3.05) is 17.1 Å². The lowest BCUT2D eigenvalue weighted by atomic mass is 10.0. The Morgan fingerprint density at radius 2 is 1.53 bits per heavy atom. The highest BCUT2D eigenvalue weighted by molar-refractivity contribution is 7.93. The van der Waals surface area contributed by atoms with Crippen LogP contribution in [-0.2, 0) is 14.8 Å². The van der Waals surface area contributed by atoms with Gasteiger partial charge < -0.3 is 10.5 Å². The second-order valence-electron chi connectivity index (χ2n) is 7.09. The maximum atomic E-state index is 13.8. The molecule has 0 fully saturated rings. The molecule has 0 atom stereocenters. The molecule has 0 spiro atoms. The number of benzene rings is 3. The van der Waals surface area contributed by atoms with E-state index in [2.05, 4.69) is 0 Å². The summed E-state index contributed by atoms with van der Waals surface area (Å²) in [6, 6.07) is 16.7. The largest absolute Gasteiger partial charge is 0.465 e. The van der Waals surface area contributed by atoms with E-state index in [1.54, 1.807) is 74.5 Å². The number of nitrogen functional groups attached to an aromatic ring is 1. The molecule has 0 heterocycles. The number of carbonyl (C=O) groups is 1. The molecule has 0 saturated carbocycles. The van der Waals surface area contributed by atoms with Gasteiger partial charge in [-0.25, -0.2) is 17.5 Å². The Labute approximate surface area is 177 Å². The quantitative estimate of drug-likeness (QED) is 0.481. The van der Waals surface area contributed by atoms with E-state index in [1.165, 1.54) is 11.4 Å². The summed E-state index contributed by atoms with van der Waals surface area (Å²) in [7, 11) is -2.74. The standard InChI is InChI=1S/C23H24N2O4S/c1-15-9-11-18(12-10-15)30(27,28)25(21-8-6-5-7-20(21)24)22-14-16(2)13-19(17(22)3)23(26)29-4/h5-14H,24H2,1-4H3. The van der Waals surface area contributed by atoms with Gasteiger partial charge in [0.25, 0.3) is 10.0 Å². The SMILES string of the molecule is COC(=O)c1cc(C)cc(N(c2ccccc2N)S(=O)(=O)c2ccc(C)cc2)c1C. The maximum absolute atomic E-state index is 13.8. The van der Waals surface area contributed by atoms with Crippen molar-refractivity contribution in [3.05, 3.63) is 82.9 Å². The predicted molar refractivity (Wildman–Crippen MR) is 119 cm³/mol. The summed E-state index contributed by atoms with van der Waals surface area (Å²) in [6.45, 7) is 5.37. The molecule has 0 aliphatic heterocycles. The van der Waals surface area contributed by atoms with E-state index < -0.39 is 16.0 Å². The van der Waals surface area contributed by atoms with Gasteiger partial charge in [0.05, 0.1) is 34.6 Å². The summed E-state index contributed by atoms with van der Waals surface area (Å²) in [5, 5.41) is 0. The molecule has 0 bridgehead atoms. The van der Waals surface area contributed by atoms with E-state index in [1.807, 2.05) is 6.92 Å². The first-order valence-corrected chi connectivity index (χ1v) is 10.8. The monoisotopic (exact) mass is 424 g/mol. The minimum Gasteiger partial charge on any atom is -0.465 e. The average Bonchev–Trinajstić information content (AvgIpc) is 2.71. The highest BCUT2D eigenvalue weighted by Crippen LogP contribution is 2.39. The van der Waals surface area contributed by atoms with Crippen LogP contribution in [0.1, 0.15) is 27.0 Å². The molecular weight excluding hydrogens is 400 g/mol. The molecule has 7 heteroatoms. The Bertz CT molecular complexity index is 1200. The van der Waals surface area contributed by atoms with Gasteiger partial charge >= 0.3 is 5.97 Å². The molecule has 6 nitrogen and oxygen atoms in total. The number of nitrogens with zero attached hydrogens (tertiary/aromatic N) is 1. The molecule has 0 unspecified atom stereocenters. The van der Waals surface area contributed by atoms with E-state index in [-0.39, 0.29) is 4.90 Å². The number of carbonyl (C=O) groups excluding carboxylic acids is 1. The molecule has 156 valence electrons. The van der Waals surface area contributed by atoms with Crippen molar-refractivity contribution >= 4 is 33.1 Å². The van der Waals surface area contributed by atoms with Gasteiger partial charge in [-0.3, -0.25) is 0 Å². The zero-order valence-electron chi connectivity index (χ0n) is 17.3. The number of sulfonamides is 1. The number of hydrogen-bond acceptors (Lipinski definition) is 5. The Kier molecular flexibility index (Phi) is 5.85. The number of ether oxygens (including phenoxy) is 1. The molecule has 3 aromatic rings. The van der Waals surface area contributed by atoms with E-state index in [4.69, 9.17) is 10.5 Å². The van der Waals surface area contributed by atoms with Gasteiger partial charge in [0.1, 0.15) is 0 Å². The van der Waals surface area contributed by atoms with Gasteiger partial charge in [0.15, 0.2) is 0 Å². The third-order valence-electron chi connectivity index (χ3n) is 4.86. The number of nitrogens with two attached hydrogens (primary N) is 1. The Morgan fingerprint density at radius 1 is 0.900 bits per heavy atom. The molecule has 0 aliphatic rings. The van der Waals surface area contributed by atoms with Crippen LogP contribution < -0.4 is 10.0 Å². The van der Waals surface area contributed by atoms with Crippen LogP contribution in [0.3, 0.4) is 0 Å². The van der Waals surface area contributed by atoms with Gasteiger partial charge in [-0.05, 0) is 68.3 Å². The van der Waals surface area contributed by atoms with Crippen LogP contribution in [0, 0.1) is 20.8 Å². The molecule has 0 amide bonds. The van der Waals surface area contributed by atoms with Crippen LogP contribution in [0.25, 0.3) is 0 Å². The summed E-state index contributed by atoms with van der Waals surface area (Å²) in [4.78, 5) is 12.4. The van der Waals surface area contributed by atoms with Crippen molar-refractivity contribution in [3.8, 4) is 0 Å². The van der Waals surface area contributed by atoms with E-state index >= 15 is 0 Å². The summed E-state index contributed by atoms with van der Waals surface area (Å²) >= 11 is 0. The van der Waals surface area contributed by atoms with Crippen molar-refractivity contribution in [2.24, 2.45) is 0 Å². The van der Waals surface area contributed by atoms with Crippen LogP contribution in [0.15, 0.2) is 65.6 Å². The summed E-state index contributed by atoms with van der Waals surface area (Å²) in [5.41, 5.74) is 9.56. The van der Waals surface area contributed by atoms with Crippen LogP contribution in [0.4, 0.5) is 17.1 Å². The van der Waals surface area contributed by atoms with Gasteiger partial charge in [-0.2, -0.15) is 0 Å². The van der Waals surface area contributed by atoms with Crippen LogP contribution in [-0.4, -0.2) is 21.5 Å². The number of para-hydroxylation sites is 2. The Morgan fingerprint density at radius 3 is 2.13 bits per heavy atom. The number of anilines is 3. The smallest absolute Gasteiger partial charge is 0.338 e. The molecule has 2 N–H and O–H groups in total.